The summed E-state index contributed by atoms with van der Waals surface area (Å²) in [5.41, 5.74) is 3.10. The van der Waals surface area contributed by atoms with Gasteiger partial charge >= 0.3 is 0 Å². The summed E-state index contributed by atoms with van der Waals surface area (Å²) in [4.78, 5) is 13.3. The molecule has 7 heteroatoms. The number of hydrogen-bond donors (Lipinski definition) is 1. The summed E-state index contributed by atoms with van der Waals surface area (Å²) in [5.74, 6) is 0.803. The number of nitrogens with zero attached hydrogens (tertiary/aromatic N) is 6. The zero-order valence-electron chi connectivity index (χ0n) is 13.4. The van der Waals surface area contributed by atoms with Gasteiger partial charge in [0.15, 0.2) is 0 Å². The maximum atomic E-state index is 9.53. The van der Waals surface area contributed by atoms with Gasteiger partial charge < -0.3 is 10.0 Å². The van der Waals surface area contributed by atoms with E-state index in [0.29, 0.717) is 0 Å². The van der Waals surface area contributed by atoms with Crippen LogP contribution in [0.1, 0.15) is 11.1 Å². The van der Waals surface area contributed by atoms with Crippen molar-refractivity contribution in [2.24, 2.45) is 0 Å². The van der Waals surface area contributed by atoms with Gasteiger partial charge in [-0.05, 0) is 17.7 Å². The van der Waals surface area contributed by atoms with Crippen LogP contribution in [0.15, 0.2) is 43.0 Å². The van der Waals surface area contributed by atoms with E-state index < -0.39 is 0 Å². The van der Waals surface area contributed by atoms with Crippen molar-refractivity contribution in [1.29, 1.82) is 0 Å². The van der Waals surface area contributed by atoms with Crippen molar-refractivity contribution >= 4 is 11.5 Å². The number of anilines is 1. The smallest absolute Gasteiger partial charge is 0.225 e. The summed E-state index contributed by atoms with van der Waals surface area (Å²) < 4.78 is 1.84. The van der Waals surface area contributed by atoms with Gasteiger partial charge in [-0.1, -0.05) is 6.07 Å². The minimum Gasteiger partial charge on any atom is -0.392 e. The first kappa shape index (κ1) is 15.0. The minimum atomic E-state index is 0.0135. The monoisotopic (exact) mass is 324 g/mol. The van der Waals surface area contributed by atoms with Crippen molar-refractivity contribution in [3.63, 3.8) is 0 Å². The van der Waals surface area contributed by atoms with Crippen molar-refractivity contribution in [3.8, 4) is 0 Å². The van der Waals surface area contributed by atoms with E-state index in [9.17, 15) is 5.11 Å². The molecule has 0 amide bonds. The second kappa shape index (κ2) is 6.54. The second-order valence-corrected chi connectivity index (χ2v) is 5.97. The number of rotatable bonds is 4. The quantitative estimate of drug-likeness (QED) is 0.770. The van der Waals surface area contributed by atoms with E-state index in [1.165, 1.54) is 5.56 Å². The molecule has 124 valence electrons. The molecular formula is C17H20N6O. The Kier molecular flexibility index (Phi) is 4.10. The van der Waals surface area contributed by atoms with Gasteiger partial charge in [-0.2, -0.15) is 5.10 Å². The lowest BCUT2D eigenvalue weighted by molar-refractivity contribution is 0.249. The van der Waals surface area contributed by atoms with Gasteiger partial charge in [-0.15, -0.1) is 0 Å². The molecule has 0 bridgehead atoms. The molecule has 1 N–H and O–H groups in total. The first-order valence-corrected chi connectivity index (χ1v) is 8.14. The highest BCUT2D eigenvalue weighted by Gasteiger charge is 2.20. The first-order chi connectivity index (χ1) is 11.8. The van der Waals surface area contributed by atoms with E-state index >= 15 is 0 Å². The summed E-state index contributed by atoms with van der Waals surface area (Å²) >= 11 is 0. The average Bonchev–Trinajstić information content (AvgIpc) is 3.07. The van der Waals surface area contributed by atoms with Gasteiger partial charge in [0.1, 0.15) is 0 Å². The van der Waals surface area contributed by atoms with Gasteiger partial charge in [-0.25, -0.2) is 14.5 Å². The SMILES string of the molecule is OCc1cnn2cccc(CN3CCN(c4ncccn4)CC3)c12. The molecule has 0 atom stereocenters. The van der Waals surface area contributed by atoms with Crippen LogP contribution < -0.4 is 4.90 Å². The van der Waals surface area contributed by atoms with Crippen molar-refractivity contribution in [3.05, 3.63) is 54.1 Å². The highest BCUT2D eigenvalue weighted by atomic mass is 16.3. The summed E-state index contributed by atoms with van der Waals surface area (Å²) in [6, 6.07) is 5.96. The van der Waals surface area contributed by atoms with E-state index in [-0.39, 0.29) is 6.61 Å². The summed E-state index contributed by atoms with van der Waals surface area (Å²) in [7, 11) is 0. The molecule has 1 aliphatic rings. The molecule has 4 rings (SSSR count). The number of aromatic nitrogens is 4. The molecule has 0 aromatic carbocycles. The first-order valence-electron chi connectivity index (χ1n) is 8.14. The van der Waals surface area contributed by atoms with Crippen LogP contribution in [0.5, 0.6) is 0 Å². The molecule has 0 unspecified atom stereocenters. The predicted molar refractivity (Wildman–Crippen MR) is 90.6 cm³/mol. The number of aliphatic hydroxyl groups excluding tert-OH is 1. The lowest BCUT2D eigenvalue weighted by atomic mass is 10.1. The molecular weight excluding hydrogens is 304 g/mol. The number of fused-ring (bicyclic) bond motifs is 1. The van der Waals surface area contributed by atoms with Gasteiger partial charge in [0.2, 0.25) is 5.95 Å². The Hall–Kier alpha value is -2.51. The fourth-order valence-corrected chi connectivity index (χ4v) is 3.23. The molecule has 1 fully saturated rings. The van der Waals surface area contributed by atoms with E-state index in [2.05, 4.69) is 30.9 Å². The molecule has 24 heavy (non-hydrogen) atoms. The Labute approximate surface area is 140 Å². The highest BCUT2D eigenvalue weighted by molar-refractivity contribution is 5.60. The van der Waals surface area contributed by atoms with Gasteiger partial charge in [0.05, 0.1) is 18.3 Å². The standard InChI is InChI=1S/C17H20N6O/c24-13-15-11-20-23-6-1-3-14(16(15)23)12-21-7-9-22(10-8-21)17-18-4-2-5-19-17/h1-6,11,24H,7-10,12-13H2. The molecule has 0 spiro atoms. The van der Waals surface area contributed by atoms with Gasteiger partial charge in [0.25, 0.3) is 0 Å². The van der Waals surface area contributed by atoms with Crippen LogP contribution in [0.3, 0.4) is 0 Å². The third-order valence-electron chi connectivity index (χ3n) is 4.47. The van der Waals surface area contributed by atoms with Gasteiger partial charge in [0, 0.05) is 56.9 Å². The van der Waals surface area contributed by atoms with E-state index in [1.807, 2.05) is 22.8 Å². The number of aliphatic hydroxyl groups is 1. The molecule has 3 aromatic heterocycles. The molecule has 0 aliphatic carbocycles. The lowest BCUT2D eigenvalue weighted by Crippen LogP contribution is -2.46. The van der Waals surface area contributed by atoms with Gasteiger partial charge in [-0.3, -0.25) is 4.90 Å². The van der Waals surface area contributed by atoms with E-state index in [1.54, 1.807) is 18.6 Å². The van der Waals surface area contributed by atoms with Crippen molar-refractivity contribution in [2.45, 2.75) is 13.2 Å². The molecule has 3 aromatic rings. The zero-order valence-corrected chi connectivity index (χ0v) is 13.4. The normalized spacial score (nSPS) is 16.0. The third-order valence-corrected chi connectivity index (χ3v) is 4.47. The van der Waals surface area contributed by atoms with Crippen LogP contribution >= 0.6 is 0 Å². The number of piperazine rings is 1. The fourth-order valence-electron chi connectivity index (χ4n) is 3.23. The Morgan fingerprint density at radius 2 is 1.79 bits per heavy atom. The van der Waals surface area contributed by atoms with Crippen LogP contribution in [0, 0.1) is 0 Å². The van der Waals surface area contributed by atoms with Crippen molar-refractivity contribution in [1.82, 2.24) is 24.5 Å². The Balaban J connectivity index is 1.47. The van der Waals surface area contributed by atoms with Crippen LogP contribution in [0.4, 0.5) is 5.95 Å². The Morgan fingerprint density at radius 3 is 2.54 bits per heavy atom. The van der Waals surface area contributed by atoms with E-state index in [4.69, 9.17) is 0 Å². The second-order valence-electron chi connectivity index (χ2n) is 5.97. The summed E-state index contributed by atoms with van der Waals surface area (Å²) in [6.07, 6.45) is 7.23. The minimum absolute atomic E-state index is 0.0135. The number of pyridine rings is 1. The lowest BCUT2D eigenvalue weighted by Gasteiger charge is -2.34. The predicted octanol–water partition coefficient (Wildman–Crippen LogP) is 0.939. The molecule has 7 nitrogen and oxygen atoms in total. The van der Waals surface area contributed by atoms with Crippen LogP contribution in [0.25, 0.3) is 5.52 Å². The Bertz CT molecular complexity index is 810. The van der Waals surface area contributed by atoms with Crippen LogP contribution in [-0.4, -0.2) is 55.8 Å². The number of hydrogen-bond acceptors (Lipinski definition) is 6. The Morgan fingerprint density at radius 1 is 1.00 bits per heavy atom. The maximum absolute atomic E-state index is 9.53. The fraction of sp³-hybridized carbons (Fsp3) is 0.353. The topological polar surface area (TPSA) is 69.8 Å². The van der Waals surface area contributed by atoms with Crippen LogP contribution in [-0.2, 0) is 13.2 Å². The molecule has 0 saturated carbocycles. The maximum Gasteiger partial charge on any atom is 0.225 e. The van der Waals surface area contributed by atoms with Crippen LogP contribution in [0.2, 0.25) is 0 Å². The average molecular weight is 324 g/mol. The molecule has 1 saturated heterocycles. The largest absolute Gasteiger partial charge is 0.392 e. The molecule has 0 radical (unpaired) electrons. The highest BCUT2D eigenvalue weighted by Crippen LogP contribution is 2.19. The van der Waals surface area contributed by atoms with Crippen molar-refractivity contribution < 1.29 is 5.11 Å². The summed E-state index contributed by atoms with van der Waals surface area (Å²) in [5, 5.41) is 13.8. The van der Waals surface area contributed by atoms with Crippen molar-refractivity contribution in [2.75, 3.05) is 31.1 Å². The van der Waals surface area contributed by atoms with E-state index in [0.717, 1.165) is 49.8 Å². The summed E-state index contributed by atoms with van der Waals surface area (Å²) in [6.45, 7) is 4.62. The molecule has 4 heterocycles. The third kappa shape index (κ3) is 2.83. The molecule has 1 aliphatic heterocycles. The zero-order chi connectivity index (χ0) is 16.4.